The lowest BCUT2D eigenvalue weighted by Gasteiger charge is -2.19. The molecule has 0 aliphatic heterocycles. The first kappa shape index (κ1) is 12.1. The van der Waals surface area contributed by atoms with E-state index in [1.165, 1.54) is 5.56 Å². The number of fused-ring (bicyclic) bond motifs is 1. The van der Waals surface area contributed by atoms with Crippen LogP contribution in [0.25, 0.3) is 5.65 Å². The Hall–Kier alpha value is -1.38. The lowest BCUT2D eigenvalue weighted by molar-refractivity contribution is 0.564. The molecule has 92 valence electrons. The average molecular weight is 231 g/mol. The third kappa shape index (κ3) is 2.19. The fourth-order valence-corrected chi connectivity index (χ4v) is 1.82. The molecule has 0 spiro atoms. The van der Waals surface area contributed by atoms with Gasteiger partial charge in [-0.2, -0.15) is 5.10 Å². The summed E-state index contributed by atoms with van der Waals surface area (Å²) >= 11 is 0. The predicted octanol–water partition coefficient (Wildman–Crippen LogP) is 3.32. The van der Waals surface area contributed by atoms with E-state index >= 15 is 0 Å². The van der Waals surface area contributed by atoms with Crippen molar-refractivity contribution >= 4 is 5.65 Å². The number of hydrogen-bond donors (Lipinski definition) is 0. The Morgan fingerprint density at radius 1 is 1.00 bits per heavy atom. The minimum Gasteiger partial charge on any atom is -0.233 e. The molecule has 0 aliphatic carbocycles. The van der Waals surface area contributed by atoms with Gasteiger partial charge in [0.1, 0.15) is 0 Å². The van der Waals surface area contributed by atoms with E-state index in [0.29, 0.717) is 0 Å². The number of hydrogen-bond acceptors (Lipinski definition) is 2. The van der Waals surface area contributed by atoms with Crippen LogP contribution in [0.2, 0.25) is 0 Å². The normalized spacial score (nSPS) is 13.3. The van der Waals surface area contributed by atoms with Crippen molar-refractivity contribution in [1.29, 1.82) is 0 Å². The van der Waals surface area contributed by atoms with Crippen LogP contribution >= 0.6 is 0 Å². The van der Waals surface area contributed by atoms with E-state index in [1.54, 1.807) is 0 Å². The van der Waals surface area contributed by atoms with Crippen LogP contribution in [0.1, 0.15) is 52.8 Å². The SMILES string of the molecule is CC(C)(C)c1ccn2ncc(C(C)(C)C)c2n1. The second-order valence-corrected chi connectivity index (χ2v) is 6.64. The van der Waals surface area contributed by atoms with Gasteiger partial charge in [-0.1, -0.05) is 41.5 Å². The first-order valence-electron chi connectivity index (χ1n) is 6.05. The molecule has 0 aromatic carbocycles. The van der Waals surface area contributed by atoms with E-state index in [9.17, 15) is 0 Å². The summed E-state index contributed by atoms with van der Waals surface area (Å²) in [5.74, 6) is 0. The average Bonchev–Trinajstić information content (AvgIpc) is 2.57. The van der Waals surface area contributed by atoms with E-state index in [-0.39, 0.29) is 10.8 Å². The molecule has 0 fully saturated rings. The monoisotopic (exact) mass is 231 g/mol. The van der Waals surface area contributed by atoms with E-state index in [4.69, 9.17) is 4.98 Å². The fourth-order valence-electron chi connectivity index (χ4n) is 1.82. The second kappa shape index (κ2) is 3.56. The zero-order valence-corrected chi connectivity index (χ0v) is 11.6. The van der Waals surface area contributed by atoms with Crippen LogP contribution < -0.4 is 0 Å². The van der Waals surface area contributed by atoms with Crippen molar-refractivity contribution in [2.45, 2.75) is 52.4 Å². The third-order valence-corrected chi connectivity index (χ3v) is 2.95. The maximum Gasteiger partial charge on any atom is 0.158 e. The van der Waals surface area contributed by atoms with Gasteiger partial charge in [0.25, 0.3) is 0 Å². The maximum atomic E-state index is 4.77. The van der Waals surface area contributed by atoms with E-state index in [0.717, 1.165) is 11.3 Å². The van der Waals surface area contributed by atoms with Gasteiger partial charge in [-0.3, -0.25) is 0 Å². The van der Waals surface area contributed by atoms with Gasteiger partial charge in [-0.25, -0.2) is 9.50 Å². The number of aromatic nitrogens is 3. The summed E-state index contributed by atoms with van der Waals surface area (Å²) in [5, 5.41) is 4.36. The van der Waals surface area contributed by atoms with Crippen LogP contribution in [0.4, 0.5) is 0 Å². The fraction of sp³-hybridized carbons (Fsp3) is 0.571. The molecule has 2 aromatic rings. The van der Waals surface area contributed by atoms with E-state index in [2.05, 4.69) is 46.6 Å². The van der Waals surface area contributed by atoms with Crippen LogP contribution in [-0.2, 0) is 10.8 Å². The lowest BCUT2D eigenvalue weighted by atomic mass is 9.88. The van der Waals surface area contributed by atoms with Crippen molar-refractivity contribution in [3.8, 4) is 0 Å². The highest BCUT2D eigenvalue weighted by Crippen LogP contribution is 2.27. The molecular weight excluding hydrogens is 210 g/mol. The van der Waals surface area contributed by atoms with Gasteiger partial charge in [0.2, 0.25) is 0 Å². The Balaban J connectivity index is 2.67. The molecule has 0 saturated heterocycles. The molecular formula is C14H21N3. The largest absolute Gasteiger partial charge is 0.233 e. The molecule has 2 heterocycles. The summed E-state index contributed by atoms with van der Waals surface area (Å²) in [4.78, 5) is 4.77. The molecule has 0 radical (unpaired) electrons. The molecule has 17 heavy (non-hydrogen) atoms. The molecule has 2 aromatic heterocycles. The zero-order chi connectivity index (χ0) is 12.8. The van der Waals surface area contributed by atoms with Gasteiger partial charge in [-0.15, -0.1) is 0 Å². The molecule has 0 aliphatic rings. The molecule has 0 amide bonds. The Labute approximate surface area is 103 Å². The van der Waals surface area contributed by atoms with Crippen LogP contribution in [0, 0.1) is 0 Å². The second-order valence-electron chi connectivity index (χ2n) is 6.64. The molecule has 3 heteroatoms. The van der Waals surface area contributed by atoms with Crippen LogP contribution in [0.15, 0.2) is 18.5 Å². The predicted molar refractivity (Wildman–Crippen MR) is 70.4 cm³/mol. The van der Waals surface area contributed by atoms with Gasteiger partial charge in [0.05, 0.1) is 6.20 Å². The quantitative estimate of drug-likeness (QED) is 0.696. The first-order valence-corrected chi connectivity index (χ1v) is 6.05. The maximum absolute atomic E-state index is 4.77. The summed E-state index contributed by atoms with van der Waals surface area (Å²) in [6, 6.07) is 2.05. The van der Waals surface area contributed by atoms with Crippen molar-refractivity contribution in [3.05, 3.63) is 29.7 Å². The molecule has 3 nitrogen and oxygen atoms in total. The Bertz CT molecular complexity index is 539. The number of nitrogens with zero attached hydrogens (tertiary/aromatic N) is 3. The topological polar surface area (TPSA) is 30.2 Å². The Kier molecular flexibility index (Phi) is 2.53. The molecule has 0 N–H and O–H groups in total. The van der Waals surface area contributed by atoms with Crippen molar-refractivity contribution in [2.75, 3.05) is 0 Å². The van der Waals surface area contributed by atoms with Crippen molar-refractivity contribution < 1.29 is 0 Å². The Morgan fingerprint density at radius 2 is 1.65 bits per heavy atom. The summed E-state index contributed by atoms with van der Waals surface area (Å²) in [6.07, 6.45) is 3.92. The van der Waals surface area contributed by atoms with E-state index in [1.807, 2.05) is 23.0 Å². The van der Waals surface area contributed by atoms with Gasteiger partial charge < -0.3 is 0 Å². The molecule has 2 rings (SSSR count). The molecule has 0 atom stereocenters. The minimum atomic E-state index is 0.0706. The lowest BCUT2D eigenvalue weighted by Crippen LogP contribution is -2.16. The highest BCUT2D eigenvalue weighted by atomic mass is 15.2. The summed E-state index contributed by atoms with van der Waals surface area (Å²) in [6.45, 7) is 13.1. The van der Waals surface area contributed by atoms with Gasteiger partial charge in [0.15, 0.2) is 5.65 Å². The van der Waals surface area contributed by atoms with Crippen LogP contribution in [-0.4, -0.2) is 14.6 Å². The van der Waals surface area contributed by atoms with Gasteiger partial charge >= 0.3 is 0 Å². The highest BCUT2D eigenvalue weighted by Gasteiger charge is 2.22. The third-order valence-electron chi connectivity index (χ3n) is 2.95. The van der Waals surface area contributed by atoms with Crippen molar-refractivity contribution in [2.24, 2.45) is 0 Å². The van der Waals surface area contributed by atoms with Crippen LogP contribution in [0.5, 0.6) is 0 Å². The van der Waals surface area contributed by atoms with Crippen molar-refractivity contribution in [3.63, 3.8) is 0 Å². The highest BCUT2D eigenvalue weighted by molar-refractivity contribution is 5.50. The van der Waals surface area contributed by atoms with Crippen molar-refractivity contribution in [1.82, 2.24) is 14.6 Å². The standard InChI is InChI=1S/C14H21N3/c1-13(2,3)10-9-15-17-8-7-11(14(4,5)6)16-12(10)17/h7-9H,1-6H3. The van der Waals surface area contributed by atoms with Gasteiger partial charge in [0, 0.05) is 22.9 Å². The smallest absolute Gasteiger partial charge is 0.158 e. The van der Waals surface area contributed by atoms with Gasteiger partial charge in [-0.05, 0) is 11.5 Å². The van der Waals surface area contributed by atoms with E-state index < -0.39 is 0 Å². The first-order chi connectivity index (χ1) is 7.69. The summed E-state index contributed by atoms with van der Waals surface area (Å²) < 4.78 is 1.86. The Morgan fingerprint density at radius 3 is 2.18 bits per heavy atom. The zero-order valence-electron chi connectivity index (χ0n) is 11.6. The minimum absolute atomic E-state index is 0.0706. The molecule has 0 saturated carbocycles. The molecule has 0 bridgehead atoms. The summed E-state index contributed by atoms with van der Waals surface area (Å²) in [7, 11) is 0. The summed E-state index contributed by atoms with van der Waals surface area (Å²) in [5.41, 5.74) is 3.43. The number of rotatable bonds is 0. The molecule has 0 unspecified atom stereocenters. The van der Waals surface area contributed by atoms with Crippen LogP contribution in [0.3, 0.4) is 0 Å².